The Labute approximate surface area is 112 Å². The predicted molar refractivity (Wildman–Crippen MR) is 63.0 cm³/mol. The standard InChI is InChI=1S/C11H13N3O6/c15-7(16)1-2-11(10(19)20)8-5(12-4-13-8)3-6(14-11)9(17)18/h4,6,14H,1-3H2,(H,12,13)(H,15,16)(H,17,18)(H,19,20)/t6-,11+/m1/s1. The monoisotopic (exact) mass is 283 g/mol. The largest absolute Gasteiger partial charge is 0.481 e. The van der Waals surface area contributed by atoms with Crippen LogP contribution in [0, 0.1) is 0 Å². The highest BCUT2D eigenvalue weighted by Gasteiger charge is 2.50. The molecule has 0 saturated heterocycles. The lowest BCUT2D eigenvalue weighted by Crippen LogP contribution is -2.60. The van der Waals surface area contributed by atoms with Gasteiger partial charge in [0.15, 0.2) is 5.54 Å². The number of aliphatic carboxylic acids is 3. The smallest absolute Gasteiger partial charge is 0.330 e. The maximum Gasteiger partial charge on any atom is 0.330 e. The summed E-state index contributed by atoms with van der Waals surface area (Å²) in [5.41, 5.74) is -1.28. The van der Waals surface area contributed by atoms with Gasteiger partial charge in [-0.05, 0) is 6.42 Å². The molecule has 0 bridgehead atoms. The van der Waals surface area contributed by atoms with E-state index in [1.54, 1.807) is 0 Å². The van der Waals surface area contributed by atoms with Crippen molar-refractivity contribution in [3.8, 4) is 0 Å². The molecule has 1 aromatic rings. The van der Waals surface area contributed by atoms with E-state index in [9.17, 15) is 19.5 Å². The summed E-state index contributed by atoms with van der Waals surface area (Å²) in [5, 5.41) is 29.8. The Morgan fingerprint density at radius 2 is 2.05 bits per heavy atom. The van der Waals surface area contributed by atoms with Crippen molar-refractivity contribution in [3.63, 3.8) is 0 Å². The Morgan fingerprint density at radius 3 is 2.60 bits per heavy atom. The minimum atomic E-state index is -1.81. The zero-order chi connectivity index (χ0) is 14.9. The van der Waals surface area contributed by atoms with Gasteiger partial charge in [0, 0.05) is 18.5 Å². The Balaban J connectivity index is 2.45. The number of aromatic amines is 1. The molecule has 108 valence electrons. The van der Waals surface area contributed by atoms with Gasteiger partial charge in [0.25, 0.3) is 0 Å². The van der Waals surface area contributed by atoms with Gasteiger partial charge in [-0.15, -0.1) is 0 Å². The lowest BCUT2D eigenvalue weighted by Gasteiger charge is -2.36. The summed E-state index contributed by atoms with van der Waals surface area (Å²) in [5.74, 6) is -3.72. The number of H-pyrrole nitrogens is 1. The molecule has 2 heterocycles. The number of aromatic nitrogens is 2. The summed E-state index contributed by atoms with van der Waals surface area (Å²) in [4.78, 5) is 40.1. The summed E-state index contributed by atoms with van der Waals surface area (Å²) in [6, 6.07) is -1.12. The number of carboxylic acid groups (broad SMARTS) is 3. The quantitative estimate of drug-likeness (QED) is 0.468. The minimum Gasteiger partial charge on any atom is -0.481 e. The van der Waals surface area contributed by atoms with Crippen LogP contribution in [-0.2, 0) is 26.3 Å². The third kappa shape index (κ3) is 2.23. The van der Waals surface area contributed by atoms with E-state index in [0.717, 1.165) is 0 Å². The summed E-state index contributed by atoms with van der Waals surface area (Å²) in [6.45, 7) is 0. The molecule has 2 atom stereocenters. The highest BCUT2D eigenvalue weighted by atomic mass is 16.4. The van der Waals surface area contributed by atoms with Crippen molar-refractivity contribution in [1.82, 2.24) is 15.3 Å². The fourth-order valence-electron chi connectivity index (χ4n) is 2.37. The molecule has 0 aliphatic carbocycles. The molecule has 20 heavy (non-hydrogen) atoms. The molecule has 0 saturated carbocycles. The lowest BCUT2D eigenvalue weighted by atomic mass is 9.82. The first kappa shape index (κ1) is 14.0. The Bertz CT molecular complexity index is 568. The van der Waals surface area contributed by atoms with Crippen molar-refractivity contribution in [2.75, 3.05) is 0 Å². The molecular formula is C11H13N3O6. The molecule has 9 heteroatoms. The second kappa shape index (κ2) is 4.93. The first-order chi connectivity index (χ1) is 9.36. The van der Waals surface area contributed by atoms with Gasteiger partial charge in [-0.2, -0.15) is 0 Å². The molecule has 0 unspecified atom stereocenters. The molecule has 1 aliphatic rings. The second-order valence-corrected chi connectivity index (χ2v) is 4.57. The highest BCUT2D eigenvalue weighted by molar-refractivity contribution is 5.84. The van der Waals surface area contributed by atoms with E-state index in [2.05, 4.69) is 15.3 Å². The van der Waals surface area contributed by atoms with Crippen LogP contribution < -0.4 is 5.32 Å². The SMILES string of the molecule is O=C(O)CC[C@]1(C(=O)O)N[C@@H](C(=O)O)Cc2[nH]cnc21. The molecule has 5 N–H and O–H groups in total. The molecule has 9 nitrogen and oxygen atoms in total. The van der Waals surface area contributed by atoms with Crippen molar-refractivity contribution >= 4 is 17.9 Å². The minimum absolute atomic E-state index is 0.0623. The van der Waals surface area contributed by atoms with Gasteiger partial charge in [-0.1, -0.05) is 0 Å². The van der Waals surface area contributed by atoms with Gasteiger partial charge >= 0.3 is 17.9 Å². The number of hydrogen-bond acceptors (Lipinski definition) is 5. The van der Waals surface area contributed by atoms with Crippen molar-refractivity contribution < 1.29 is 29.7 Å². The molecule has 2 rings (SSSR count). The first-order valence-corrected chi connectivity index (χ1v) is 5.85. The van der Waals surface area contributed by atoms with E-state index in [1.807, 2.05) is 0 Å². The van der Waals surface area contributed by atoms with Crippen LogP contribution in [-0.4, -0.2) is 49.2 Å². The molecule has 0 fully saturated rings. The Hall–Kier alpha value is -2.42. The fraction of sp³-hybridized carbons (Fsp3) is 0.455. The van der Waals surface area contributed by atoms with Crippen molar-refractivity contribution in [2.45, 2.75) is 30.8 Å². The van der Waals surface area contributed by atoms with E-state index in [1.165, 1.54) is 6.33 Å². The molecular weight excluding hydrogens is 270 g/mol. The van der Waals surface area contributed by atoms with Crippen molar-refractivity contribution in [3.05, 3.63) is 17.7 Å². The van der Waals surface area contributed by atoms with Crippen molar-refractivity contribution in [2.24, 2.45) is 0 Å². The van der Waals surface area contributed by atoms with Gasteiger partial charge in [0.1, 0.15) is 6.04 Å². The van der Waals surface area contributed by atoms with Crippen LogP contribution >= 0.6 is 0 Å². The molecule has 1 aromatic heterocycles. The van der Waals surface area contributed by atoms with Crippen LogP contribution in [0.3, 0.4) is 0 Å². The van der Waals surface area contributed by atoms with Crippen LogP contribution in [0.5, 0.6) is 0 Å². The van der Waals surface area contributed by atoms with Crippen LogP contribution in [0.4, 0.5) is 0 Å². The Kier molecular flexibility index (Phi) is 3.45. The zero-order valence-corrected chi connectivity index (χ0v) is 10.3. The molecule has 0 radical (unpaired) electrons. The van der Waals surface area contributed by atoms with Crippen LogP contribution in [0.1, 0.15) is 24.2 Å². The van der Waals surface area contributed by atoms with Gasteiger partial charge in [-0.3, -0.25) is 14.9 Å². The van der Waals surface area contributed by atoms with Crippen LogP contribution in [0.2, 0.25) is 0 Å². The third-order valence-corrected chi connectivity index (χ3v) is 3.33. The number of rotatable bonds is 5. The fourth-order valence-corrected chi connectivity index (χ4v) is 2.37. The predicted octanol–water partition coefficient (Wildman–Crippen LogP) is -0.847. The van der Waals surface area contributed by atoms with Gasteiger partial charge in [0.2, 0.25) is 0 Å². The molecule has 0 amide bonds. The molecule has 0 spiro atoms. The topological polar surface area (TPSA) is 153 Å². The van der Waals surface area contributed by atoms with Gasteiger partial charge in [0.05, 0.1) is 12.0 Å². The van der Waals surface area contributed by atoms with Crippen molar-refractivity contribution in [1.29, 1.82) is 0 Å². The second-order valence-electron chi connectivity index (χ2n) is 4.57. The maximum atomic E-state index is 11.6. The molecule has 1 aliphatic heterocycles. The summed E-state index contributed by atoms with van der Waals surface area (Å²) in [7, 11) is 0. The number of nitrogens with one attached hydrogen (secondary N) is 2. The number of nitrogens with zero attached hydrogens (tertiary/aromatic N) is 1. The Morgan fingerprint density at radius 1 is 1.35 bits per heavy atom. The first-order valence-electron chi connectivity index (χ1n) is 5.85. The average Bonchev–Trinajstić information content (AvgIpc) is 2.83. The van der Waals surface area contributed by atoms with E-state index in [4.69, 9.17) is 10.2 Å². The summed E-state index contributed by atoms with van der Waals surface area (Å²) < 4.78 is 0. The number of carboxylic acids is 3. The maximum absolute atomic E-state index is 11.6. The number of fused-ring (bicyclic) bond motifs is 1. The van der Waals surface area contributed by atoms with E-state index >= 15 is 0 Å². The van der Waals surface area contributed by atoms with Crippen LogP contribution in [0.15, 0.2) is 6.33 Å². The average molecular weight is 283 g/mol. The summed E-state index contributed by atoms with van der Waals surface area (Å²) in [6.07, 6.45) is 0.624. The third-order valence-electron chi connectivity index (χ3n) is 3.33. The van der Waals surface area contributed by atoms with Gasteiger partial charge in [-0.25, -0.2) is 9.78 Å². The van der Waals surface area contributed by atoms with Gasteiger partial charge < -0.3 is 20.3 Å². The highest BCUT2D eigenvalue weighted by Crippen LogP contribution is 2.33. The number of imidazole rings is 1. The van der Waals surface area contributed by atoms with E-state index in [0.29, 0.717) is 5.69 Å². The lowest BCUT2D eigenvalue weighted by molar-refractivity contribution is -0.149. The van der Waals surface area contributed by atoms with E-state index < -0.39 is 35.9 Å². The summed E-state index contributed by atoms with van der Waals surface area (Å²) >= 11 is 0. The molecule has 0 aromatic carbocycles. The van der Waals surface area contributed by atoms with E-state index in [-0.39, 0.29) is 18.5 Å². The zero-order valence-electron chi connectivity index (χ0n) is 10.3. The number of carbonyl (C=O) groups is 3. The normalized spacial score (nSPS) is 24.9. The number of hydrogen-bond donors (Lipinski definition) is 5. The van der Waals surface area contributed by atoms with Crippen LogP contribution in [0.25, 0.3) is 0 Å².